The fraction of sp³-hybridized carbons (Fsp3) is 0.500. The second kappa shape index (κ2) is 8.56. The van der Waals surface area contributed by atoms with Gasteiger partial charge in [0.15, 0.2) is 0 Å². The number of ether oxygens (including phenoxy) is 2. The summed E-state index contributed by atoms with van der Waals surface area (Å²) in [4.78, 5) is 32.5. The van der Waals surface area contributed by atoms with E-state index in [1.54, 1.807) is 32.9 Å². The van der Waals surface area contributed by atoms with E-state index >= 15 is 0 Å². The van der Waals surface area contributed by atoms with Crippen molar-refractivity contribution in [2.45, 2.75) is 70.9 Å². The minimum atomic E-state index is -0.968. The number of rotatable bonds is 3. The van der Waals surface area contributed by atoms with E-state index in [0.717, 1.165) is 18.4 Å². The standard InChI is InChI=1S/C26H32FN3O4/c1-25(2,3)34-24(32)30-12-10-19-17(7-8-20(29-19)33-6)22(30)23(31)28-16-13-15-9-11-26(4,5)21(15)18(27)14-16/h7-8,13-14,22H,9-12H2,1-6H3,(H,28,31). The van der Waals surface area contributed by atoms with Gasteiger partial charge in [0.05, 0.1) is 12.8 Å². The molecular weight excluding hydrogens is 437 g/mol. The van der Waals surface area contributed by atoms with Gasteiger partial charge in [-0.25, -0.2) is 14.2 Å². The van der Waals surface area contributed by atoms with E-state index in [1.165, 1.54) is 18.1 Å². The van der Waals surface area contributed by atoms with Gasteiger partial charge in [-0.1, -0.05) is 13.8 Å². The molecule has 1 aliphatic heterocycles. The number of hydrogen-bond acceptors (Lipinski definition) is 5. The average Bonchev–Trinajstić information content (AvgIpc) is 3.05. The highest BCUT2D eigenvalue weighted by molar-refractivity contribution is 5.98. The van der Waals surface area contributed by atoms with E-state index in [9.17, 15) is 14.0 Å². The Kier molecular flexibility index (Phi) is 6.04. The van der Waals surface area contributed by atoms with Crippen LogP contribution in [0.25, 0.3) is 0 Å². The first kappa shape index (κ1) is 24.0. The Bertz CT molecular complexity index is 1140. The summed E-state index contributed by atoms with van der Waals surface area (Å²) in [5, 5.41) is 2.84. The SMILES string of the molecule is COc1ccc2c(n1)CCN(C(=O)OC(C)(C)C)C2C(=O)Nc1cc(F)c2c(c1)CCC2(C)C. The third-order valence-corrected chi connectivity index (χ3v) is 6.40. The Morgan fingerprint density at radius 1 is 1.21 bits per heavy atom. The Hall–Kier alpha value is -3.16. The summed E-state index contributed by atoms with van der Waals surface area (Å²) in [7, 11) is 1.53. The smallest absolute Gasteiger partial charge is 0.411 e. The van der Waals surface area contributed by atoms with Crippen molar-refractivity contribution in [3.05, 3.63) is 52.5 Å². The zero-order chi connectivity index (χ0) is 24.8. The molecule has 0 saturated carbocycles. The van der Waals surface area contributed by atoms with E-state index in [0.29, 0.717) is 34.8 Å². The Morgan fingerprint density at radius 3 is 2.62 bits per heavy atom. The van der Waals surface area contributed by atoms with Gasteiger partial charge in [0.2, 0.25) is 5.88 Å². The number of carbonyl (C=O) groups is 2. The highest BCUT2D eigenvalue weighted by Gasteiger charge is 2.39. The molecule has 0 fully saturated rings. The van der Waals surface area contributed by atoms with Gasteiger partial charge in [0.25, 0.3) is 5.91 Å². The summed E-state index contributed by atoms with van der Waals surface area (Å²) in [5.41, 5.74) is 2.31. The molecule has 0 radical (unpaired) electrons. The molecule has 1 aromatic carbocycles. The van der Waals surface area contributed by atoms with E-state index in [4.69, 9.17) is 9.47 Å². The van der Waals surface area contributed by atoms with Gasteiger partial charge in [-0.2, -0.15) is 0 Å². The zero-order valence-corrected chi connectivity index (χ0v) is 20.6. The maximum atomic E-state index is 15.0. The lowest BCUT2D eigenvalue weighted by atomic mass is 9.86. The van der Waals surface area contributed by atoms with E-state index in [-0.39, 0.29) is 17.8 Å². The van der Waals surface area contributed by atoms with Crippen molar-refractivity contribution in [1.82, 2.24) is 9.88 Å². The number of fused-ring (bicyclic) bond motifs is 2. The normalized spacial score (nSPS) is 18.7. The minimum absolute atomic E-state index is 0.234. The predicted octanol–water partition coefficient (Wildman–Crippen LogP) is 4.93. The lowest BCUT2D eigenvalue weighted by molar-refractivity contribution is -0.122. The van der Waals surface area contributed by atoms with Gasteiger partial charge in [-0.15, -0.1) is 0 Å². The van der Waals surface area contributed by atoms with Crippen LogP contribution in [0.2, 0.25) is 0 Å². The van der Waals surface area contributed by atoms with Crippen LogP contribution in [0.4, 0.5) is 14.9 Å². The van der Waals surface area contributed by atoms with Gasteiger partial charge in [0.1, 0.15) is 17.5 Å². The molecule has 2 amide bonds. The maximum Gasteiger partial charge on any atom is 0.411 e. The molecule has 8 heteroatoms. The van der Waals surface area contributed by atoms with Crippen LogP contribution in [-0.4, -0.2) is 41.1 Å². The lowest BCUT2D eigenvalue weighted by Crippen LogP contribution is -2.47. The molecule has 0 spiro atoms. The molecule has 1 aliphatic carbocycles. The molecule has 2 aliphatic rings. The predicted molar refractivity (Wildman–Crippen MR) is 127 cm³/mol. The number of carbonyl (C=O) groups excluding carboxylic acids is 2. The Balaban J connectivity index is 1.68. The van der Waals surface area contributed by atoms with Crippen LogP contribution < -0.4 is 10.1 Å². The number of halogens is 1. The number of hydrogen-bond donors (Lipinski definition) is 1. The number of anilines is 1. The molecule has 1 atom stereocenters. The molecule has 1 N–H and O–H groups in total. The highest BCUT2D eigenvalue weighted by atomic mass is 19.1. The van der Waals surface area contributed by atoms with Crippen molar-refractivity contribution in [1.29, 1.82) is 0 Å². The van der Waals surface area contributed by atoms with Crippen LogP contribution in [0.3, 0.4) is 0 Å². The minimum Gasteiger partial charge on any atom is -0.481 e. The number of nitrogens with one attached hydrogen (secondary N) is 1. The number of aryl methyl sites for hydroxylation is 1. The molecule has 0 saturated heterocycles. The quantitative estimate of drug-likeness (QED) is 0.690. The van der Waals surface area contributed by atoms with E-state index < -0.39 is 23.6 Å². The van der Waals surface area contributed by atoms with Crippen molar-refractivity contribution < 1.29 is 23.5 Å². The van der Waals surface area contributed by atoms with Crippen LogP contribution in [0.15, 0.2) is 24.3 Å². The number of pyridine rings is 1. The Labute approximate surface area is 199 Å². The summed E-state index contributed by atoms with van der Waals surface area (Å²) in [6.45, 7) is 9.64. The van der Waals surface area contributed by atoms with Crippen molar-refractivity contribution in [2.24, 2.45) is 0 Å². The van der Waals surface area contributed by atoms with E-state index in [1.807, 2.05) is 19.9 Å². The van der Waals surface area contributed by atoms with Crippen molar-refractivity contribution >= 4 is 17.7 Å². The summed E-state index contributed by atoms with van der Waals surface area (Å²) in [5.74, 6) is -0.336. The largest absolute Gasteiger partial charge is 0.481 e. The van der Waals surface area contributed by atoms with Gasteiger partial charge < -0.3 is 14.8 Å². The highest BCUT2D eigenvalue weighted by Crippen LogP contribution is 2.41. The fourth-order valence-electron chi connectivity index (χ4n) is 4.85. The van der Waals surface area contributed by atoms with Crippen LogP contribution in [0.1, 0.15) is 69.5 Å². The first-order valence-corrected chi connectivity index (χ1v) is 11.6. The first-order valence-electron chi connectivity index (χ1n) is 11.6. The third-order valence-electron chi connectivity index (χ3n) is 6.40. The lowest BCUT2D eigenvalue weighted by Gasteiger charge is -2.36. The second-order valence-electron chi connectivity index (χ2n) is 10.6. The van der Waals surface area contributed by atoms with Crippen molar-refractivity contribution in [3.63, 3.8) is 0 Å². The van der Waals surface area contributed by atoms with Crippen molar-refractivity contribution in [2.75, 3.05) is 19.0 Å². The van der Waals surface area contributed by atoms with Gasteiger partial charge in [-0.05, 0) is 68.4 Å². The number of aromatic nitrogens is 1. The number of methoxy groups -OCH3 is 1. The van der Waals surface area contributed by atoms with Crippen LogP contribution >= 0.6 is 0 Å². The molecule has 182 valence electrons. The van der Waals surface area contributed by atoms with Crippen LogP contribution in [-0.2, 0) is 27.8 Å². The first-order chi connectivity index (χ1) is 15.9. The second-order valence-corrected chi connectivity index (χ2v) is 10.6. The molecule has 4 rings (SSSR count). The van der Waals surface area contributed by atoms with Gasteiger partial charge in [-0.3, -0.25) is 9.69 Å². The molecule has 1 unspecified atom stereocenters. The van der Waals surface area contributed by atoms with Gasteiger partial charge >= 0.3 is 6.09 Å². The Morgan fingerprint density at radius 2 is 1.94 bits per heavy atom. The fourth-order valence-corrected chi connectivity index (χ4v) is 4.85. The molecular formula is C26H32FN3O4. The summed E-state index contributed by atoms with van der Waals surface area (Å²) in [6, 6.07) is 5.63. The van der Waals surface area contributed by atoms with Gasteiger partial charge in [0, 0.05) is 30.3 Å². The molecule has 2 aromatic rings. The van der Waals surface area contributed by atoms with Crippen LogP contribution in [0, 0.1) is 5.82 Å². The molecule has 7 nitrogen and oxygen atoms in total. The topological polar surface area (TPSA) is 80.8 Å². The summed E-state index contributed by atoms with van der Waals surface area (Å²) >= 11 is 0. The molecule has 2 heterocycles. The summed E-state index contributed by atoms with van der Waals surface area (Å²) < 4.78 is 25.8. The van der Waals surface area contributed by atoms with Crippen LogP contribution in [0.5, 0.6) is 5.88 Å². The third kappa shape index (κ3) is 4.58. The number of amides is 2. The molecule has 1 aromatic heterocycles. The monoisotopic (exact) mass is 469 g/mol. The molecule has 0 bridgehead atoms. The summed E-state index contributed by atoms with van der Waals surface area (Å²) in [6.07, 6.45) is 1.48. The maximum absolute atomic E-state index is 15.0. The number of nitrogens with zero attached hydrogens (tertiary/aromatic N) is 2. The average molecular weight is 470 g/mol. The number of benzene rings is 1. The molecule has 34 heavy (non-hydrogen) atoms. The zero-order valence-electron chi connectivity index (χ0n) is 20.6. The van der Waals surface area contributed by atoms with Crippen molar-refractivity contribution in [3.8, 4) is 5.88 Å². The van der Waals surface area contributed by atoms with E-state index in [2.05, 4.69) is 10.3 Å².